The first-order chi connectivity index (χ1) is 17.1. The molecule has 0 heterocycles. The maximum absolute atomic E-state index is 14.9. The average molecular weight is 489 g/mol. The minimum Gasteiger partial charge on any atom is -0.497 e. The zero-order valence-corrected chi connectivity index (χ0v) is 22.2. The Bertz CT molecular complexity index is 1200. The van der Waals surface area contributed by atoms with E-state index in [1.807, 2.05) is 36.4 Å². The number of carbonyl (C=O) groups excluding carboxylic acids is 1. The molecule has 0 aliphatic heterocycles. The van der Waals surface area contributed by atoms with Crippen molar-refractivity contribution in [1.82, 2.24) is 0 Å². The van der Waals surface area contributed by atoms with Gasteiger partial charge in [0.25, 0.3) is 0 Å². The molecule has 3 rings (SSSR count). The molecule has 0 N–H and O–H groups in total. The van der Waals surface area contributed by atoms with E-state index >= 15 is 0 Å². The molecule has 3 nitrogen and oxygen atoms in total. The molecule has 190 valence electrons. The monoisotopic (exact) mass is 488 g/mol. The van der Waals surface area contributed by atoms with Gasteiger partial charge in [-0.3, -0.25) is 4.79 Å². The molecule has 0 saturated heterocycles. The molecule has 0 spiro atoms. The molecule has 3 aromatic carbocycles. The minimum atomic E-state index is -0.285. The molecule has 0 unspecified atom stereocenters. The Balaban J connectivity index is 1.84. The number of benzene rings is 3. The summed E-state index contributed by atoms with van der Waals surface area (Å²) < 4.78 is 26.3. The van der Waals surface area contributed by atoms with Gasteiger partial charge in [0.05, 0.1) is 7.11 Å². The summed E-state index contributed by atoms with van der Waals surface area (Å²) in [4.78, 5) is 11.7. The van der Waals surface area contributed by atoms with Crippen LogP contribution >= 0.6 is 0 Å². The van der Waals surface area contributed by atoms with Gasteiger partial charge in [-0.25, -0.2) is 4.39 Å². The molecule has 0 aliphatic rings. The molecule has 0 aromatic heterocycles. The van der Waals surface area contributed by atoms with Crippen molar-refractivity contribution in [2.24, 2.45) is 0 Å². The Kier molecular flexibility index (Phi) is 9.08. The molecule has 0 bridgehead atoms. The fraction of sp³-hybridized carbons (Fsp3) is 0.344. The van der Waals surface area contributed by atoms with Gasteiger partial charge in [-0.05, 0) is 77.4 Å². The first kappa shape index (κ1) is 27.2. The van der Waals surface area contributed by atoms with Crippen LogP contribution in [0.1, 0.15) is 70.1 Å². The standard InChI is InChI=1S/C32H37FO3/c1-7-8-9-25(18-22(2)34)24-11-13-26(14-12-24)36-21-23-10-16-30(32(3,4)5)28(19-23)29-20-27(35-6)15-17-31(29)33/h8-17,19-20,25H,7,18,21H2,1-6H3/b9-8-/t25-/m0/s1. The van der Waals surface area contributed by atoms with E-state index in [0.29, 0.717) is 24.3 Å². The molecule has 0 aliphatic carbocycles. The lowest BCUT2D eigenvalue weighted by Crippen LogP contribution is -2.13. The van der Waals surface area contributed by atoms with E-state index in [-0.39, 0.29) is 22.9 Å². The van der Waals surface area contributed by atoms with Gasteiger partial charge < -0.3 is 9.47 Å². The molecule has 36 heavy (non-hydrogen) atoms. The number of allylic oxidation sites excluding steroid dienone is 2. The van der Waals surface area contributed by atoms with Crippen LogP contribution in [0.15, 0.2) is 72.8 Å². The second-order valence-corrected chi connectivity index (χ2v) is 10.2. The normalized spacial score (nSPS) is 12.5. The van der Waals surface area contributed by atoms with Crippen LogP contribution in [0.3, 0.4) is 0 Å². The van der Waals surface area contributed by atoms with Gasteiger partial charge in [-0.15, -0.1) is 0 Å². The fourth-order valence-corrected chi connectivity index (χ4v) is 4.28. The molecular formula is C32H37FO3. The molecule has 3 aromatic rings. The van der Waals surface area contributed by atoms with Crippen LogP contribution in [-0.4, -0.2) is 12.9 Å². The number of ketones is 1. The number of hydrogen-bond acceptors (Lipinski definition) is 3. The van der Waals surface area contributed by atoms with Crippen LogP contribution in [0.25, 0.3) is 11.1 Å². The third-order valence-electron chi connectivity index (χ3n) is 6.18. The Hall–Kier alpha value is -3.40. The number of carbonyl (C=O) groups is 1. The Labute approximate surface area is 215 Å². The zero-order valence-electron chi connectivity index (χ0n) is 22.2. The van der Waals surface area contributed by atoms with Gasteiger partial charge >= 0.3 is 0 Å². The second kappa shape index (κ2) is 12.0. The number of halogens is 1. The van der Waals surface area contributed by atoms with Crippen molar-refractivity contribution in [1.29, 1.82) is 0 Å². The molecule has 0 radical (unpaired) electrons. The van der Waals surface area contributed by atoms with Crippen molar-refractivity contribution < 1.29 is 18.7 Å². The highest BCUT2D eigenvalue weighted by Crippen LogP contribution is 2.37. The van der Waals surface area contributed by atoms with Crippen molar-refractivity contribution in [2.45, 2.75) is 65.4 Å². The summed E-state index contributed by atoms with van der Waals surface area (Å²) in [6.07, 6.45) is 5.63. The summed E-state index contributed by atoms with van der Waals surface area (Å²) in [7, 11) is 1.58. The first-order valence-corrected chi connectivity index (χ1v) is 12.5. The predicted octanol–water partition coefficient (Wildman–Crippen LogP) is 8.41. The highest BCUT2D eigenvalue weighted by Gasteiger charge is 2.21. The highest BCUT2D eigenvalue weighted by atomic mass is 19.1. The topological polar surface area (TPSA) is 35.5 Å². The Morgan fingerprint density at radius 3 is 2.28 bits per heavy atom. The number of hydrogen-bond donors (Lipinski definition) is 0. The second-order valence-electron chi connectivity index (χ2n) is 10.2. The lowest BCUT2D eigenvalue weighted by Gasteiger charge is -2.24. The Morgan fingerprint density at radius 2 is 1.67 bits per heavy atom. The van der Waals surface area contributed by atoms with Crippen LogP contribution in [0.4, 0.5) is 4.39 Å². The van der Waals surface area contributed by atoms with Crippen molar-refractivity contribution >= 4 is 5.78 Å². The third kappa shape index (κ3) is 7.07. The SMILES string of the molecule is CC/C=C\[C@@H](CC(C)=O)c1ccc(OCc2ccc(C(C)(C)C)c(-c3cc(OC)ccc3F)c2)cc1. The lowest BCUT2D eigenvalue weighted by atomic mass is 9.81. The predicted molar refractivity (Wildman–Crippen MR) is 145 cm³/mol. The van der Waals surface area contributed by atoms with Crippen LogP contribution in [0.2, 0.25) is 0 Å². The van der Waals surface area contributed by atoms with Gasteiger partial charge in [0.1, 0.15) is 29.7 Å². The number of Topliss-reactive ketones (excluding diaryl/α,β-unsaturated/α-hetero) is 1. The maximum Gasteiger partial charge on any atom is 0.131 e. The minimum absolute atomic E-state index is 0.0711. The van der Waals surface area contributed by atoms with Crippen molar-refractivity contribution in [3.63, 3.8) is 0 Å². The fourth-order valence-electron chi connectivity index (χ4n) is 4.28. The van der Waals surface area contributed by atoms with Crippen molar-refractivity contribution in [3.05, 3.63) is 95.3 Å². The quantitative estimate of drug-likeness (QED) is 0.269. The maximum atomic E-state index is 14.9. The number of methoxy groups -OCH3 is 1. The smallest absolute Gasteiger partial charge is 0.131 e. The van der Waals surface area contributed by atoms with Gasteiger partial charge in [-0.2, -0.15) is 0 Å². The Morgan fingerprint density at radius 1 is 0.972 bits per heavy atom. The van der Waals surface area contributed by atoms with Crippen LogP contribution in [-0.2, 0) is 16.8 Å². The molecule has 1 atom stereocenters. The molecule has 0 saturated carbocycles. The van der Waals surface area contributed by atoms with E-state index < -0.39 is 0 Å². The van der Waals surface area contributed by atoms with E-state index in [0.717, 1.165) is 34.4 Å². The molecule has 4 heteroatoms. The van der Waals surface area contributed by atoms with Crippen molar-refractivity contribution in [3.8, 4) is 22.6 Å². The largest absolute Gasteiger partial charge is 0.497 e. The van der Waals surface area contributed by atoms with E-state index in [9.17, 15) is 9.18 Å². The third-order valence-corrected chi connectivity index (χ3v) is 6.18. The highest BCUT2D eigenvalue weighted by molar-refractivity contribution is 5.76. The van der Waals surface area contributed by atoms with Crippen LogP contribution < -0.4 is 9.47 Å². The summed E-state index contributed by atoms with van der Waals surface area (Å²) in [6, 6.07) is 18.8. The number of rotatable bonds is 10. The summed E-state index contributed by atoms with van der Waals surface area (Å²) in [5, 5.41) is 0. The van der Waals surface area contributed by atoms with E-state index in [2.05, 4.69) is 45.9 Å². The molecule has 0 fully saturated rings. The molecule has 0 amide bonds. The van der Waals surface area contributed by atoms with E-state index in [1.165, 1.54) is 6.07 Å². The summed E-state index contributed by atoms with van der Waals surface area (Å²) >= 11 is 0. The summed E-state index contributed by atoms with van der Waals surface area (Å²) in [5.74, 6) is 1.32. The van der Waals surface area contributed by atoms with E-state index in [4.69, 9.17) is 9.47 Å². The van der Waals surface area contributed by atoms with Crippen molar-refractivity contribution in [2.75, 3.05) is 7.11 Å². The summed E-state index contributed by atoms with van der Waals surface area (Å²) in [5.41, 5.74) is 4.28. The molecular weight excluding hydrogens is 451 g/mol. The average Bonchev–Trinajstić information content (AvgIpc) is 2.85. The van der Waals surface area contributed by atoms with Gasteiger partial charge in [0.15, 0.2) is 0 Å². The summed E-state index contributed by atoms with van der Waals surface area (Å²) in [6.45, 7) is 10.4. The first-order valence-electron chi connectivity index (χ1n) is 12.5. The number of ether oxygens (including phenoxy) is 2. The van der Waals surface area contributed by atoms with Crippen LogP contribution in [0, 0.1) is 5.82 Å². The van der Waals surface area contributed by atoms with E-state index in [1.54, 1.807) is 26.2 Å². The van der Waals surface area contributed by atoms with Gasteiger partial charge in [0, 0.05) is 17.9 Å². The lowest BCUT2D eigenvalue weighted by molar-refractivity contribution is -0.117. The van der Waals surface area contributed by atoms with Crippen LogP contribution in [0.5, 0.6) is 11.5 Å². The van der Waals surface area contributed by atoms with Gasteiger partial charge in [0.2, 0.25) is 0 Å². The van der Waals surface area contributed by atoms with Gasteiger partial charge in [-0.1, -0.05) is 64.1 Å². The zero-order chi connectivity index (χ0) is 26.3.